The Hall–Kier alpha value is -0.930. The van der Waals surface area contributed by atoms with E-state index >= 15 is 0 Å². The molecule has 0 saturated carbocycles. The molecule has 1 aromatic rings. The van der Waals surface area contributed by atoms with Crippen LogP contribution in [0.3, 0.4) is 0 Å². The van der Waals surface area contributed by atoms with Crippen LogP contribution in [0.1, 0.15) is 38.1 Å². The lowest BCUT2D eigenvalue weighted by molar-refractivity contribution is -0.00250. The van der Waals surface area contributed by atoms with Gasteiger partial charge in [-0.15, -0.1) is 0 Å². The fourth-order valence-electron chi connectivity index (χ4n) is 1.89. The summed E-state index contributed by atoms with van der Waals surface area (Å²) in [5.74, 6) is 0. The minimum absolute atomic E-state index is 0.0129. The molecule has 16 heavy (non-hydrogen) atoms. The molecule has 1 aromatic heterocycles. The van der Waals surface area contributed by atoms with Gasteiger partial charge >= 0.3 is 0 Å². The number of hydrogen-bond donors (Lipinski definition) is 1. The van der Waals surface area contributed by atoms with Crippen molar-refractivity contribution in [3.63, 3.8) is 0 Å². The summed E-state index contributed by atoms with van der Waals surface area (Å²) in [5, 5.41) is 0. The van der Waals surface area contributed by atoms with Crippen LogP contribution >= 0.6 is 0 Å². The summed E-state index contributed by atoms with van der Waals surface area (Å²) in [4.78, 5) is 4.26. The largest absolute Gasteiger partial charge is 0.379 e. The molecule has 0 aliphatic carbocycles. The van der Waals surface area contributed by atoms with Gasteiger partial charge < -0.3 is 10.5 Å². The van der Waals surface area contributed by atoms with Crippen LogP contribution in [0.4, 0.5) is 0 Å². The Kier molecular flexibility index (Phi) is 4.05. The number of methoxy groups -OCH3 is 1. The summed E-state index contributed by atoms with van der Waals surface area (Å²) in [6, 6.07) is 3.85. The second-order valence-corrected chi connectivity index (χ2v) is 5.28. The van der Waals surface area contributed by atoms with Crippen LogP contribution in [0, 0.1) is 12.3 Å². The summed E-state index contributed by atoms with van der Waals surface area (Å²) >= 11 is 0. The van der Waals surface area contributed by atoms with Gasteiger partial charge in [0.1, 0.15) is 0 Å². The number of rotatable bonds is 3. The van der Waals surface area contributed by atoms with E-state index in [-0.39, 0.29) is 17.6 Å². The second kappa shape index (κ2) is 4.93. The summed E-state index contributed by atoms with van der Waals surface area (Å²) in [6.45, 7) is 8.35. The molecule has 0 bridgehead atoms. The van der Waals surface area contributed by atoms with Crippen LogP contribution in [0.5, 0.6) is 0 Å². The van der Waals surface area contributed by atoms with Gasteiger partial charge in [-0.25, -0.2) is 0 Å². The topological polar surface area (TPSA) is 48.1 Å². The maximum absolute atomic E-state index is 6.22. The maximum Gasteiger partial charge on any atom is 0.0812 e. The molecule has 0 radical (unpaired) electrons. The molecule has 0 fully saturated rings. The first-order chi connectivity index (χ1) is 7.36. The first-order valence-corrected chi connectivity index (χ1v) is 5.57. The fraction of sp³-hybridized carbons (Fsp3) is 0.615. The third-order valence-electron chi connectivity index (χ3n) is 2.75. The molecule has 0 aliphatic heterocycles. The highest BCUT2D eigenvalue weighted by Gasteiger charge is 2.31. The average Bonchev–Trinajstić information content (AvgIpc) is 2.17. The number of pyridine rings is 1. The van der Waals surface area contributed by atoms with Crippen molar-refractivity contribution in [2.24, 2.45) is 11.1 Å². The van der Waals surface area contributed by atoms with Gasteiger partial charge in [-0.1, -0.05) is 26.8 Å². The molecular formula is C13H22N2O. The Balaban J connectivity index is 2.91. The zero-order valence-electron chi connectivity index (χ0n) is 10.8. The first kappa shape index (κ1) is 13.1. The highest BCUT2D eigenvalue weighted by atomic mass is 16.5. The Bertz CT molecular complexity index is 327. The zero-order valence-corrected chi connectivity index (χ0v) is 10.8. The van der Waals surface area contributed by atoms with Crippen molar-refractivity contribution in [3.8, 4) is 0 Å². The summed E-state index contributed by atoms with van der Waals surface area (Å²) in [7, 11) is 1.71. The average molecular weight is 222 g/mol. The van der Waals surface area contributed by atoms with E-state index in [1.807, 2.05) is 25.3 Å². The molecule has 1 heterocycles. The molecule has 3 nitrogen and oxygen atoms in total. The van der Waals surface area contributed by atoms with Crippen molar-refractivity contribution in [2.75, 3.05) is 7.11 Å². The van der Waals surface area contributed by atoms with E-state index in [1.54, 1.807) is 7.11 Å². The van der Waals surface area contributed by atoms with E-state index in [1.165, 1.54) is 0 Å². The van der Waals surface area contributed by atoms with Crippen LogP contribution in [-0.4, -0.2) is 18.2 Å². The van der Waals surface area contributed by atoms with Crippen LogP contribution < -0.4 is 5.73 Å². The molecular weight excluding hydrogens is 200 g/mol. The number of aromatic nitrogens is 1. The van der Waals surface area contributed by atoms with E-state index in [9.17, 15) is 0 Å². The molecule has 0 aromatic carbocycles. The lowest BCUT2D eigenvalue weighted by Gasteiger charge is -2.34. The van der Waals surface area contributed by atoms with E-state index < -0.39 is 0 Å². The first-order valence-electron chi connectivity index (χ1n) is 5.57. The highest BCUT2D eigenvalue weighted by Crippen LogP contribution is 2.30. The van der Waals surface area contributed by atoms with Crippen molar-refractivity contribution >= 4 is 0 Å². The Morgan fingerprint density at radius 1 is 1.31 bits per heavy atom. The van der Waals surface area contributed by atoms with E-state index in [0.29, 0.717) is 0 Å². The Morgan fingerprint density at radius 3 is 2.31 bits per heavy atom. The van der Waals surface area contributed by atoms with Gasteiger partial charge in [-0.2, -0.15) is 0 Å². The molecule has 1 rings (SSSR count). The number of nitrogens with two attached hydrogens (primary N) is 1. The van der Waals surface area contributed by atoms with Crippen LogP contribution in [0.2, 0.25) is 0 Å². The van der Waals surface area contributed by atoms with Crippen molar-refractivity contribution in [1.82, 2.24) is 4.98 Å². The van der Waals surface area contributed by atoms with Gasteiger partial charge in [-0.05, 0) is 24.0 Å². The van der Waals surface area contributed by atoms with Crippen LogP contribution in [0.15, 0.2) is 18.3 Å². The van der Waals surface area contributed by atoms with Gasteiger partial charge in [0, 0.05) is 19.0 Å². The van der Waals surface area contributed by atoms with Crippen LogP contribution in [0.25, 0.3) is 0 Å². The van der Waals surface area contributed by atoms with Crippen molar-refractivity contribution < 1.29 is 4.74 Å². The number of hydrogen-bond acceptors (Lipinski definition) is 3. The predicted molar refractivity (Wildman–Crippen MR) is 66.2 cm³/mol. The number of ether oxygens (including phenoxy) is 1. The minimum Gasteiger partial charge on any atom is -0.379 e. The summed E-state index contributed by atoms with van der Waals surface area (Å²) in [5.41, 5.74) is 8.26. The summed E-state index contributed by atoms with van der Waals surface area (Å²) in [6.07, 6.45) is 1.81. The standard InChI is InChI=1S/C13H22N2O/c1-9-6-7-10(8-15-9)11(14)12(16-5)13(2,3)4/h6-8,11-12H,14H2,1-5H3. The smallest absolute Gasteiger partial charge is 0.0812 e. The van der Waals surface area contributed by atoms with E-state index in [2.05, 4.69) is 25.8 Å². The number of aryl methyl sites for hydroxylation is 1. The van der Waals surface area contributed by atoms with Crippen molar-refractivity contribution in [2.45, 2.75) is 39.8 Å². The fourth-order valence-corrected chi connectivity index (χ4v) is 1.89. The molecule has 2 unspecified atom stereocenters. The third-order valence-corrected chi connectivity index (χ3v) is 2.75. The monoisotopic (exact) mass is 222 g/mol. The van der Waals surface area contributed by atoms with Crippen molar-refractivity contribution in [1.29, 1.82) is 0 Å². The molecule has 0 aliphatic rings. The highest BCUT2D eigenvalue weighted by molar-refractivity contribution is 5.18. The van der Waals surface area contributed by atoms with Gasteiger partial charge in [0.05, 0.1) is 12.1 Å². The Labute approximate surface area is 98.0 Å². The van der Waals surface area contributed by atoms with Crippen molar-refractivity contribution in [3.05, 3.63) is 29.6 Å². The maximum atomic E-state index is 6.22. The van der Waals surface area contributed by atoms with E-state index in [0.717, 1.165) is 11.3 Å². The quantitative estimate of drug-likeness (QED) is 0.854. The molecule has 0 saturated heterocycles. The lowest BCUT2D eigenvalue weighted by atomic mass is 9.82. The van der Waals surface area contributed by atoms with Crippen LogP contribution in [-0.2, 0) is 4.74 Å². The summed E-state index contributed by atoms with van der Waals surface area (Å²) < 4.78 is 5.51. The molecule has 90 valence electrons. The molecule has 2 atom stereocenters. The third kappa shape index (κ3) is 3.03. The zero-order chi connectivity index (χ0) is 12.3. The Morgan fingerprint density at radius 2 is 1.94 bits per heavy atom. The molecule has 0 spiro atoms. The van der Waals surface area contributed by atoms with Gasteiger partial charge in [0.15, 0.2) is 0 Å². The van der Waals surface area contributed by atoms with Gasteiger partial charge in [0.25, 0.3) is 0 Å². The normalized spacial score (nSPS) is 15.9. The molecule has 3 heteroatoms. The van der Waals surface area contributed by atoms with E-state index in [4.69, 9.17) is 10.5 Å². The number of nitrogens with zero attached hydrogens (tertiary/aromatic N) is 1. The SMILES string of the molecule is COC(C(N)c1ccc(C)nc1)C(C)(C)C. The lowest BCUT2D eigenvalue weighted by Crippen LogP contribution is -2.38. The van der Waals surface area contributed by atoms with Gasteiger partial charge in [0.2, 0.25) is 0 Å². The minimum atomic E-state index is -0.141. The van der Waals surface area contributed by atoms with Gasteiger partial charge in [-0.3, -0.25) is 4.98 Å². The molecule has 0 amide bonds. The second-order valence-electron chi connectivity index (χ2n) is 5.28. The predicted octanol–water partition coefficient (Wildman–Crippen LogP) is 2.45. The molecule has 2 N–H and O–H groups in total.